The van der Waals surface area contributed by atoms with E-state index in [1.54, 1.807) is 0 Å². The van der Waals surface area contributed by atoms with Crippen LogP contribution in [0.5, 0.6) is 0 Å². The summed E-state index contributed by atoms with van der Waals surface area (Å²) in [7, 11) is 0. The molecule has 1 atom stereocenters. The topological polar surface area (TPSA) is 35.8 Å². The molecule has 0 spiro atoms. The molecule has 1 N–H and O–H groups in total. The molecule has 1 unspecified atom stereocenters. The Morgan fingerprint density at radius 1 is 1.22 bits per heavy atom. The highest BCUT2D eigenvalue weighted by atomic mass is 19.4. The Kier molecular flexibility index (Phi) is 4.84. The van der Waals surface area contributed by atoms with Crippen molar-refractivity contribution in [2.75, 3.05) is 0 Å². The van der Waals surface area contributed by atoms with E-state index in [9.17, 15) is 18.4 Å². The number of rotatable bonds is 3. The van der Waals surface area contributed by atoms with Gasteiger partial charge in [0.2, 0.25) is 0 Å². The third-order valence-corrected chi connectivity index (χ3v) is 3.73. The van der Waals surface area contributed by atoms with Crippen LogP contribution in [-0.4, -0.2) is 0 Å². The van der Waals surface area contributed by atoms with Crippen LogP contribution in [-0.2, 0) is 6.18 Å². The zero-order valence-electron chi connectivity index (χ0n) is 13.3. The van der Waals surface area contributed by atoms with Crippen molar-refractivity contribution in [1.29, 1.82) is 5.26 Å². The van der Waals surface area contributed by atoms with Crippen molar-refractivity contribution < 1.29 is 13.2 Å². The van der Waals surface area contributed by atoms with Crippen LogP contribution >= 0.6 is 0 Å². The number of allylic oxidation sites excluding steroid dienone is 4. The quantitative estimate of drug-likeness (QED) is 0.839. The predicted octanol–water partition coefficient (Wildman–Crippen LogP) is 5.12. The molecule has 1 aromatic carbocycles. The summed E-state index contributed by atoms with van der Waals surface area (Å²) >= 11 is 0. The zero-order valence-corrected chi connectivity index (χ0v) is 13.3. The smallest absolute Gasteiger partial charge is 0.362 e. The Hall–Kier alpha value is -2.22. The predicted molar refractivity (Wildman–Crippen MR) is 83.2 cm³/mol. The van der Waals surface area contributed by atoms with E-state index in [1.807, 2.05) is 13.0 Å². The van der Waals surface area contributed by atoms with Gasteiger partial charge in [-0.25, -0.2) is 0 Å². The number of hydrogen-bond donors (Lipinski definition) is 1. The monoisotopic (exact) mass is 320 g/mol. The van der Waals surface area contributed by atoms with Crippen LogP contribution in [0.2, 0.25) is 0 Å². The van der Waals surface area contributed by atoms with Crippen LogP contribution in [0.3, 0.4) is 0 Å². The molecule has 122 valence electrons. The van der Waals surface area contributed by atoms with E-state index in [-0.39, 0.29) is 5.92 Å². The third-order valence-electron chi connectivity index (χ3n) is 3.73. The van der Waals surface area contributed by atoms with Crippen LogP contribution in [0, 0.1) is 17.2 Å². The molecule has 0 fully saturated rings. The molecule has 1 aliphatic rings. The molecule has 1 aromatic rings. The van der Waals surface area contributed by atoms with E-state index in [2.05, 4.69) is 25.2 Å². The molecule has 0 saturated carbocycles. The first-order valence-electron chi connectivity index (χ1n) is 7.48. The van der Waals surface area contributed by atoms with Crippen LogP contribution in [0.25, 0.3) is 0 Å². The first-order valence-corrected chi connectivity index (χ1v) is 7.48. The summed E-state index contributed by atoms with van der Waals surface area (Å²) in [6, 6.07) is 7.26. The van der Waals surface area contributed by atoms with Crippen LogP contribution in [0.15, 0.2) is 47.3 Å². The van der Waals surface area contributed by atoms with Crippen molar-refractivity contribution in [3.8, 4) is 6.07 Å². The van der Waals surface area contributed by atoms with E-state index in [0.29, 0.717) is 17.1 Å². The fourth-order valence-corrected chi connectivity index (χ4v) is 2.72. The number of hydrogen-bond acceptors (Lipinski definition) is 2. The van der Waals surface area contributed by atoms with Gasteiger partial charge in [0, 0.05) is 17.3 Å². The third kappa shape index (κ3) is 3.95. The fraction of sp³-hybridized carbons (Fsp3) is 0.389. The molecule has 23 heavy (non-hydrogen) atoms. The second-order valence-corrected chi connectivity index (χ2v) is 6.17. The highest BCUT2D eigenvalue weighted by molar-refractivity contribution is 5.47. The van der Waals surface area contributed by atoms with Crippen molar-refractivity contribution in [1.82, 2.24) is 5.32 Å². The van der Waals surface area contributed by atoms with Crippen molar-refractivity contribution in [3.05, 3.63) is 58.4 Å². The van der Waals surface area contributed by atoms with Gasteiger partial charge in [-0.05, 0) is 37.0 Å². The summed E-state index contributed by atoms with van der Waals surface area (Å²) in [5.41, 5.74) is 2.35. The lowest BCUT2D eigenvalue weighted by atomic mass is 9.85. The standard InChI is InChI=1S/C18H19F3N2/c1-11(2)8-17-16(10-22)15(9-12(3)23-17)13-4-6-14(7-5-13)18(19,20)21/h4-7,9,11,15,23H,8H2,1-3H3. The highest BCUT2D eigenvalue weighted by Gasteiger charge is 2.31. The maximum atomic E-state index is 12.7. The normalized spacial score (nSPS) is 18.5. The number of nitrogens with one attached hydrogen (secondary N) is 1. The minimum atomic E-state index is -4.35. The van der Waals surface area contributed by atoms with Crippen molar-refractivity contribution in [3.63, 3.8) is 0 Å². The van der Waals surface area contributed by atoms with Gasteiger partial charge >= 0.3 is 6.18 Å². The van der Waals surface area contributed by atoms with Gasteiger partial charge in [-0.2, -0.15) is 18.4 Å². The molecule has 0 aliphatic carbocycles. The zero-order chi connectivity index (χ0) is 17.2. The van der Waals surface area contributed by atoms with Gasteiger partial charge in [0.15, 0.2) is 0 Å². The van der Waals surface area contributed by atoms with Crippen molar-refractivity contribution in [2.45, 2.75) is 39.3 Å². The Morgan fingerprint density at radius 3 is 2.30 bits per heavy atom. The van der Waals surface area contributed by atoms with Crippen molar-refractivity contribution >= 4 is 0 Å². The second kappa shape index (κ2) is 6.49. The van der Waals surface area contributed by atoms with Crippen LogP contribution < -0.4 is 5.32 Å². The minimum absolute atomic E-state index is 0.308. The van der Waals surface area contributed by atoms with Crippen LogP contribution in [0.4, 0.5) is 13.2 Å². The van der Waals surface area contributed by atoms with E-state index in [1.165, 1.54) is 12.1 Å². The van der Waals surface area contributed by atoms with Gasteiger partial charge in [-0.15, -0.1) is 0 Å². The van der Waals surface area contributed by atoms with Gasteiger partial charge in [-0.1, -0.05) is 32.1 Å². The average molecular weight is 320 g/mol. The van der Waals surface area contributed by atoms with E-state index >= 15 is 0 Å². The molecule has 0 radical (unpaired) electrons. The van der Waals surface area contributed by atoms with Crippen molar-refractivity contribution in [2.24, 2.45) is 5.92 Å². The number of dihydropyridines is 1. The first-order chi connectivity index (χ1) is 10.7. The summed E-state index contributed by atoms with van der Waals surface area (Å²) in [5.74, 6) is 0.0669. The lowest BCUT2D eigenvalue weighted by molar-refractivity contribution is -0.137. The molecule has 1 aliphatic heterocycles. The van der Waals surface area contributed by atoms with E-state index in [4.69, 9.17) is 0 Å². The molecule has 2 nitrogen and oxygen atoms in total. The number of nitriles is 1. The van der Waals surface area contributed by atoms with Gasteiger partial charge in [0.05, 0.1) is 17.2 Å². The summed E-state index contributed by atoms with van der Waals surface area (Å²) in [5, 5.41) is 12.7. The molecule has 0 amide bonds. The molecule has 0 bridgehead atoms. The number of halogens is 3. The lowest BCUT2D eigenvalue weighted by Crippen LogP contribution is -2.22. The SMILES string of the molecule is CC1=CC(c2ccc(C(F)(F)F)cc2)C(C#N)=C(CC(C)C)N1. The summed E-state index contributed by atoms with van der Waals surface area (Å²) in [6.45, 7) is 6.01. The number of nitrogens with zero attached hydrogens (tertiary/aromatic N) is 1. The van der Waals surface area contributed by atoms with Gasteiger partial charge in [0.25, 0.3) is 0 Å². The molecule has 2 rings (SSSR count). The Balaban J connectivity index is 2.41. The maximum Gasteiger partial charge on any atom is 0.416 e. The number of alkyl halides is 3. The summed E-state index contributed by atoms with van der Waals surface area (Å²) in [4.78, 5) is 0. The van der Waals surface area contributed by atoms with Gasteiger partial charge < -0.3 is 5.32 Å². The highest BCUT2D eigenvalue weighted by Crippen LogP contribution is 2.35. The molecular formula is C18H19F3N2. The molecule has 0 aromatic heterocycles. The Morgan fingerprint density at radius 2 is 1.83 bits per heavy atom. The second-order valence-electron chi connectivity index (χ2n) is 6.17. The fourth-order valence-electron chi connectivity index (χ4n) is 2.72. The summed E-state index contributed by atoms with van der Waals surface area (Å²) < 4.78 is 38.1. The Bertz CT molecular complexity index is 674. The molecule has 1 heterocycles. The number of benzene rings is 1. The minimum Gasteiger partial charge on any atom is -0.362 e. The largest absolute Gasteiger partial charge is 0.416 e. The summed E-state index contributed by atoms with van der Waals surface area (Å²) in [6.07, 6.45) is -1.74. The molecule has 0 saturated heterocycles. The Labute approximate surface area is 134 Å². The maximum absolute atomic E-state index is 12.7. The first kappa shape index (κ1) is 17.1. The van der Waals surface area contributed by atoms with E-state index in [0.717, 1.165) is 29.9 Å². The average Bonchev–Trinajstić information content (AvgIpc) is 2.45. The van der Waals surface area contributed by atoms with E-state index < -0.39 is 11.7 Å². The molecule has 5 heteroatoms. The molecular weight excluding hydrogens is 301 g/mol. The van der Waals surface area contributed by atoms with Gasteiger partial charge in [-0.3, -0.25) is 0 Å². The van der Waals surface area contributed by atoms with Crippen LogP contribution in [0.1, 0.15) is 44.2 Å². The lowest BCUT2D eigenvalue weighted by Gasteiger charge is -2.26. The van der Waals surface area contributed by atoms with Gasteiger partial charge in [0.1, 0.15) is 0 Å².